The van der Waals surface area contributed by atoms with Crippen LogP contribution in [0, 0.1) is 17.2 Å². The standard InChI is InChI=1S/C57H74N14O5S/c1-36(2)62-46-31-47(48-24-23-42-29-38(32-58)33-61-71(42)48)60-34-44(46)55-66-67-57(77-55)69-27-25-68(26-28-69)51(73)22-11-6-5-10-21-50(72)63-41-30-49(54(75)64-45-20-14-18-39-15-12-13-19-43(39)45)70(35-41)56(76)52(40-16-8-7-9-17-40)65-53(74)37(3)59-4/h12-13,15,19,23-24,29,31,33-34,36-37,40-41,45,49,52,59H,5-11,14,16-18,20-22,25-28,30,35H2,1-4H3,(H,60,62)(H,63,72)(H,64,75)(H,65,74)/t37-,41-,45+,49-,52-/m0/s1. The van der Waals surface area contributed by atoms with Gasteiger partial charge < -0.3 is 41.3 Å². The molecule has 408 valence electrons. The van der Waals surface area contributed by atoms with Crippen LogP contribution in [0.3, 0.4) is 0 Å². The van der Waals surface area contributed by atoms with Crippen LogP contribution in [0.25, 0.3) is 27.5 Å². The van der Waals surface area contributed by atoms with Crippen LogP contribution in [0.1, 0.15) is 133 Å². The zero-order chi connectivity index (χ0) is 54.0. The molecule has 4 aromatic heterocycles. The second-order valence-electron chi connectivity index (χ2n) is 21.6. The lowest BCUT2D eigenvalue weighted by molar-refractivity contribution is -0.143. The van der Waals surface area contributed by atoms with Crippen molar-refractivity contribution in [1.82, 2.24) is 55.9 Å². The Morgan fingerprint density at radius 2 is 1.64 bits per heavy atom. The average Bonchev–Trinajstić information content (AvgIpc) is 4.26. The Labute approximate surface area is 455 Å². The molecule has 20 heteroatoms. The lowest BCUT2D eigenvalue weighted by Crippen LogP contribution is -2.58. The summed E-state index contributed by atoms with van der Waals surface area (Å²) in [6.07, 6.45) is 14.8. The molecule has 2 saturated heterocycles. The van der Waals surface area contributed by atoms with Gasteiger partial charge in [-0.05, 0) is 120 Å². The topological polar surface area (TPSA) is 235 Å². The van der Waals surface area contributed by atoms with Crippen LogP contribution in [0.5, 0.6) is 0 Å². The van der Waals surface area contributed by atoms with Gasteiger partial charge in [0.1, 0.15) is 18.2 Å². The van der Waals surface area contributed by atoms with E-state index in [9.17, 15) is 29.2 Å². The van der Waals surface area contributed by atoms with Crippen molar-refractivity contribution in [3.05, 3.63) is 77.6 Å². The minimum absolute atomic E-state index is 0.0369. The lowest BCUT2D eigenvalue weighted by atomic mass is 9.83. The lowest BCUT2D eigenvalue weighted by Gasteiger charge is -2.35. The number of unbranched alkanes of at least 4 members (excludes halogenated alkanes) is 3. The molecule has 3 fully saturated rings. The van der Waals surface area contributed by atoms with E-state index in [0.29, 0.717) is 51.0 Å². The van der Waals surface area contributed by atoms with Crippen LogP contribution in [0.2, 0.25) is 0 Å². The predicted octanol–water partition coefficient (Wildman–Crippen LogP) is 6.55. The fraction of sp³-hybridized carbons (Fsp3) is 0.544. The van der Waals surface area contributed by atoms with E-state index in [1.807, 2.05) is 41.4 Å². The number of carbonyl (C=O) groups excluding carboxylic acids is 5. The second kappa shape index (κ2) is 25.4. The number of benzene rings is 1. The first-order valence-corrected chi connectivity index (χ1v) is 28.7. The van der Waals surface area contributed by atoms with Gasteiger partial charge in [-0.25, -0.2) is 4.52 Å². The van der Waals surface area contributed by atoms with Crippen molar-refractivity contribution in [3.63, 3.8) is 0 Å². The normalized spacial score (nSPS) is 19.6. The molecule has 0 spiro atoms. The molecule has 1 aromatic carbocycles. The zero-order valence-corrected chi connectivity index (χ0v) is 45.7. The summed E-state index contributed by atoms with van der Waals surface area (Å²) in [4.78, 5) is 79.7. The van der Waals surface area contributed by atoms with Gasteiger partial charge in [-0.2, -0.15) is 10.4 Å². The van der Waals surface area contributed by atoms with Gasteiger partial charge in [0.15, 0.2) is 5.01 Å². The molecule has 1 saturated carbocycles. The van der Waals surface area contributed by atoms with Crippen LogP contribution in [-0.4, -0.2) is 134 Å². The molecule has 9 rings (SSSR count). The number of likely N-dealkylation sites (tertiary alicyclic amines) is 1. The number of nitriles is 1. The molecule has 2 aliphatic carbocycles. The summed E-state index contributed by atoms with van der Waals surface area (Å²) < 4.78 is 1.78. The minimum atomic E-state index is -0.795. The Balaban J connectivity index is 0.736. The van der Waals surface area contributed by atoms with Crippen LogP contribution < -0.4 is 31.5 Å². The number of rotatable bonds is 20. The maximum absolute atomic E-state index is 14.7. The molecule has 0 bridgehead atoms. The number of anilines is 2. The van der Waals surface area contributed by atoms with E-state index in [1.54, 1.807) is 35.6 Å². The third kappa shape index (κ3) is 13.2. The molecule has 5 N–H and O–H groups in total. The monoisotopic (exact) mass is 1070 g/mol. The van der Waals surface area contributed by atoms with Gasteiger partial charge in [-0.15, -0.1) is 10.2 Å². The number of likely N-dealkylation sites (N-methyl/N-ethyl adjacent to an activating group) is 1. The molecule has 2 aliphatic heterocycles. The van der Waals surface area contributed by atoms with E-state index >= 15 is 0 Å². The van der Waals surface area contributed by atoms with Crippen LogP contribution >= 0.6 is 11.3 Å². The molecule has 0 radical (unpaired) electrons. The summed E-state index contributed by atoms with van der Waals surface area (Å²) in [5.74, 6) is -0.787. The van der Waals surface area contributed by atoms with Crippen molar-refractivity contribution in [2.24, 2.45) is 5.92 Å². The number of pyridine rings is 1. The maximum atomic E-state index is 14.7. The van der Waals surface area contributed by atoms with E-state index in [0.717, 1.165) is 114 Å². The van der Waals surface area contributed by atoms with E-state index in [-0.39, 0.29) is 60.5 Å². The highest BCUT2D eigenvalue weighted by Crippen LogP contribution is 2.37. The summed E-state index contributed by atoms with van der Waals surface area (Å²) in [6.45, 7) is 8.57. The smallest absolute Gasteiger partial charge is 0.246 e. The van der Waals surface area contributed by atoms with Gasteiger partial charge in [0.25, 0.3) is 0 Å². The van der Waals surface area contributed by atoms with Crippen molar-refractivity contribution in [2.75, 3.05) is 50.0 Å². The van der Waals surface area contributed by atoms with Gasteiger partial charge >= 0.3 is 0 Å². The predicted molar refractivity (Wildman–Crippen MR) is 297 cm³/mol. The molecule has 19 nitrogen and oxygen atoms in total. The summed E-state index contributed by atoms with van der Waals surface area (Å²) in [5.41, 5.74) is 6.88. The third-order valence-corrected chi connectivity index (χ3v) is 16.8. The number of fused-ring (bicyclic) bond motifs is 2. The van der Waals surface area contributed by atoms with Crippen molar-refractivity contribution in [1.29, 1.82) is 5.26 Å². The molecular formula is C57H74N14O5S. The van der Waals surface area contributed by atoms with Gasteiger partial charge in [-0.1, -0.05) is 67.7 Å². The average molecular weight is 1070 g/mol. The zero-order valence-electron chi connectivity index (χ0n) is 44.9. The summed E-state index contributed by atoms with van der Waals surface area (Å²) in [6, 6.07) is 15.5. The number of aryl methyl sites for hydroxylation is 1. The Hall–Kier alpha value is -6.98. The van der Waals surface area contributed by atoms with Gasteiger partial charge in [-0.3, -0.25) is 29.0 Å². The molecule has 0 unspecified atom stereocenters. The highest BCUT2D eigenvalue weighted by atomic mass is 32.1. The highest BCUT2D eigenvalue weighted by molar-refractivity contribution is 7.18. The number of piperazine rings is 1. The molecule has 5 aromatic rings. The van der Waals surface area contributed by atoms with Crippen LogP contribution in [-0.2, 0) is 30.4 Å². The summed E-state index contributed by atoms with van der Waals surface area (Å²) in [5, 5.41) is 40.5. The number of hydrogen-bond donors (Lipinski definition) is 5. The molecule has 4 aliphatic rings. The van der Waals surface area contributed by atoms with Crippen molar-refractivity contribution in [2.45, 2.75) is 153 Å². The first-order chi connectivity index (χ1) is 37.4. The Morgan fingerprint density at radius 1 is 0.857 bits per heavy atom. The summed E-state index contributed by atoms with van der Waals surface area (Å²) >= 11 is 1.50. The number of hydrogen-bond acceptors (Lipinski definition) is 14. The Morgan fingerprint density at radius 3 is 2.40 bits per heavy atom. The number of aromatic nitrogens is 5. The van der Waals surface area contributed by atoms with Crippen molar-refractivity contribution in [3.8, 4) is 28.0 Å². The molecule has 5 amide bonds. The van der Waals surface area contributed by atoms with Crippen LogP contribution in [0.15, 0.2) is 60.9 Å². The number of nitrogens with zero attached hydrogens (tertiary/aromatic N) is 9. The number of carbonyl (C=O) groups is 5. The largest absolute Gasteiger partial charge is 0.382 e. The van der Waals surface area contributed by atoms with Crippen LogP contribution in [0.4, 0.5) is 10.8 Å². The highest BCUT2D eigenvalue weighted by Gasteiger charge is 2.45. The van der Waals surface area contributed by atoms with E-state index < -0.39 is 24.2 Å². The third-order valence-electron chi connectivity index (χ3n) is 15.8. The first-order valence-electron chi connectivity index (χ1n) is 27.8. The van der Waals surface area contributed by atoms with Gasteiger partial charge in [0, 0.05) is 69.5 Å². The second-order valence-corrected chi connectivity index (χ2v) is 22.5. The molecule has 6 heterocycles. The minimum Gasteiger partial charge on any atom is -0.382 e. The Kier molecular flexibility index (Phi) is 18.1. The fourth-order valence-electron chi connectivity index (χ4n) is 11.5. The molecular weight excluding hydrogens is 993 g/mol. The quantitative estimate of drug-likeness (QED) is 0.0521. The Bertz CT molecular complexity index is 2940. The SMILES string of the molecule is CN[C@@H](C)C(=O)N[C@H](C(=O)N1C[C@@H](NC(=O)CCCCCCC(=O)N2CCN(c3nnc(-c4cnc(-c5ccc6cc(C#N)cnn56)cc4NC(C)C)s3)CC2)C[C@H]1C(=O)N[C@@H]1CCCc2ccccc21)C1CCCCC1. The van der Waals surface area contributed by atoms with Crippen molar-refractivity contribution < 1.29 is 24.0 Å². The van der Waals surface area contributed by atoms with Gasteiger partial charge in [0.05, 0.1) is 46.3 Å². The molecule has 77 heavy (non-hydrogen) atoms. The number of amides is 5. The van der Waals surface area contributed by atoms with E-state index in [4.69, 9.17) is 4.98 Å². The van der Waals surface area contributed by atoms with Gasteiger partial charge in [0.2, 0.25) is 34.7 Å². The van der Waals surface area contributed by atoms with E-state index in [2.05, 4.69) is 78.8 Å². The summed E-state index contributed by atoms with van der Waals surface area (Å²) in [7, 11) is 1.71. The van der Waals surface area contributed by atoms with Crippen molar-refractivity contribution >= 4 is 57.2 Å². The van der Waals surface area contributed by atoms with E-state index in [1.165, 1.54) is 16.9 Å². The maximum Gasteiger partial charge on any atom is 0.246 e. The first kappa shape index (κ1) is 54.8. The fourth-order valence-corrected chi connectivity index (χ4v) is 12.4. The molecule has 5 atom stereocenters. The number of nitrogens with one attached hydrogen (secondary N) is 5.